The molecule has 0 aliphatic rings. The predicted octanol–water partition coefficient (Wildman–Crippen LogP) is 4.10. The monoisotopic (exact) mass is 348 g/mol. The minimum Gasteiger partial charge on any atom is -0.497 e. The van der Waals surface area contributed by atoms with Crippen LogP contribution in [-0.4, -0.2) is 17.6 Å². The molecule has 0 aliphatic heterocycles. The van der Waals surface area contributed by atoms with E-state index in [0.717, 1.165) is 16.9 Å². The molecule has 1 amide bonds. The molecule has 1 N–H and O–H groups in total. The number of aryl methyl sites for hydroxylation is 1. The van der Waals surface area contributed by atoms with Crippen LogP contribution in [0.3, 0.4) is 0 Å². The summed E-state index contributed by atoms with van der Waals surface area (Å²) in [5, 5.41) is 3.02. The van der Waals surface area contributed by atoms with Crippen LogP contribution in [0.2, 0.25) is 0 Å². The van der Waals surface area contributed by atoms with E-state index in [2.05, 4.69) is 41.1 Å². The molecule has 0 saturated heterocycles. The highest BCUT2D eigenvalue weighted by atomic mass is 16.5. The van der Waals surface area contributed by atoms with Gasteiger partial charge in [0.15, 0.2) is 0 Å². The summed E-state index contributed by atoms with van der Waals surface area (Å²) in [5.74, 6) is 0.840. The second-order valence-corrected chi connectivity index (χ2v) is 6.39. The number of rotatable bonds is 7. The summed E-state index contributed by atoms with van der Waals surface area (Å²) < 4.78 is 7.24. The fourth-order valence-electron chi connectivity index (χ4n) is 2.93. The minimum atomic E-state index is -0.0125. The maximum absolute atomic E-state index is 12.5. The van der Waals surface area contributed by atoms with E-state index < -0.39 is 0 Å². The van der Waals surface area contributed by atoms with Crippen LogP contribution in [0.4, 0.5) is 0 Å². The normalized spacial score (nSPS) is 11.8. The highest BCUT2D eigenvalue weighted by Gasteiger charge is 2.17. The van der Waals surface area contributed by atoms with Crippen molar-refractivity contribution < 1.29 is 9.53 Å². The van der Waals surface area contributed by atoms with Crippen LogP contribution in [0.15, 0.2) is 73.1 Å². The molecule has 1 heterocycles. The first-order valence-electron chi connectivity index (χ1n) is 8.74. The summed E-state index contributed by atoms with van der Waals surface area (Å²) >= 11 is 0. The standard InChI is InChI=1S/C22H24N2O2/c1-17-5-9-19(10-6-17)21(24-13-3-4-14-24)15-22(25)23-16-18-7-11-20(26-2)12-8-18/h3-14,21H,15-16H2,1-2H3,(H,23,25)/t21-/m0/s1. The van der Waals surface area contributed by atoms with Gasteiger partial charge in [0, 0.05) is 18.9 Å². The van der Waals surface area contributed by atoms with E-state index >= 15 is 0 Å². The molecule has 2 aromatic carbocycles. The van der Waals surface area contributed by atoms with Gasteiger partial charge < -0.3 is 14.6 Å². The SMILES string of the molecule is COc1ccc(CNC(=O)C[C@@H](c2ccc(C)cc2)n2cccc2)cc1. The summed E-state index contributed by atoms with van der Waals surface area (Å²) in [7, 11) is 1.64. The lowest BCUT2D eigenvalue weighted by Crippen LogP contribution is -2.26. The fourth-order valence-corrected chi connectivity index (χ4v) is 2.93. The highest BCUT2D eigenvalue weighted by molar-refractivity contribution is 5.76. The average Bonchev–Trinajstić information content (AvgIpc) is 3.20. The van der Waals surface area contributed by atoms with Crippen molar-refractivity contribution >= 4 is 5.91 Å². The van der Waals surface area contributed by atoms with Crippen LogP contribution in [0.5, 0.6) is 5.75 Å². The van der Waals surface area contributed by atoms with Gasteiger partial charge in [-0.1, -0.05) is 42.0 Å². The Kier molecular flexibility index (Phi) is 5.74. The van der Waals surface area contributed by atoms with Crippen LogP contribution >= 0.6 is 0 Å². The second kappa shape index (κ2) is 8.39. The molecule has 1 aromatic heterocycles. The molecule has 26 heavy (non-hydrogen) atoms. The Bertz CT molecular complexity index is 822. The molecule has 0 saturated carbocycles. The van der Waals surface area contributed by atoms with E-state index in [-0.39, 0.29) is 11.9 Å². The number of carbonyl (C=O) groups excluding carboxylic acids is 1. The van der Waals surface area contributed by atoms with Crippen molar-refractivity contribution in [1.82, 2.24) is 9.88 Å². The first kappa shape index (κ1) is 17.8. The summed E-state index contributed by atoms with van der Waals surface area (Å²) in [5.41, 5.74) is 3.39. The average molecular weight is 348 g/mol. The van der Waals surface area contributed by atoms with Crippen molar-refractivity contribution in [2.75, 3.05) is 7.11 Å². The maximum atomic E-state index is 12.5. The van der Waals surface area contributed by atoms with E-state index in [4.69, 9.17) is 4.74 Å². The number of carbonyl (C=O) groups is 1. The van der Waals surface area contributed by atoms with Gasteiger partial charge in [-0.15, -0.1) is 0 Å². The Balaban J connectivity index is 1.66. The van der Waals surface area contributed by atoms with Gasteiger partial charge in [-0.2, -0.15) is 0 Å². The maximum Gasteiger partial charge on any atom is 0.222 e. The predicted molar refractivity (Wildman–Crippen MR) is 103 cm³/mol. The van der Waals surface area contributed by atoms with Crippen LogP contribution in [0, 0.1) is 6.92 Å². The molecule has 3 rings (SSSR count). The lowest BCUT2D eigenvalue weighted by Gasteiger charge is -2.19. The van der Waals surface area contributed by atoms with Gasteiger partial charge in [0.05, 0.1) is 19.6 Å². The third-order valence-electron chi connectivity index (χ3n) is 4.48. The van der Waals surface area contributed by atoms with Crippen molar-refractivity contribution in [3.05, 3.63) is 89.7 Å². The Morgan fingerprint density at radius 1 is 1.04 bits per heavy atom. The molecule has 0 radical (unpaired) electrons. The van der Waals surface area contributed by atoms with Gasteiger partial charge in [-0.05, 0) is 42.3 Å². The molecule has 1 atom stereocenters. The van der Waals surface area contributed by atoms with Crippen LogP contribution in [0.1, 0.15) is 29.2 Å². The number of aromatic nitrogens is 1. The third kappa shape index (κ3) is 4.54. The Hall–Kier alpha value is -3.01. The van der Waals surface area contributed by atoms with E-state index in [0.29, 0.717) is 13.0 Å². The van der Waals surface area contributed by atoms with Crippen LogP contribution < -0.4 is 10.1 Å². The van der Waals surface area contributed by atoms with Gasteiger partial charge >= 0.3 is 0 Å². The zero-order chi connectivity index (χ0) is 18.4. The molecular weight excluding hydrogens is 324 g/mol. The Morgan fingerprint density at radius 2 is 1.69 bits per heavy atom. The molecule has 0 unspecified atom stereocenters. The Morgan fingerprint density at radius 3 is 2.31 bits per heavy atom. The largest absolute Gasteiger partial charge is 0.497 e. The van der Waals surface area contributed by atoms with Crippen LogP contribution in [0.25, 0.3) is 0 Å². The molecule has 0 spiro atoms. The number of hydrogen-bond acceptors (Lipinski definition) is 2. The zero-order valence-corrected chi connectivity index (χ0v) is 15.2. The zero-order valence-electron chi connectivity index (χ0n) is 15.2. The molecule has 0 fully saturated rings. The topological polar surface area (TPSA) is 43.3 Å². The van der Waals surface area contributed by atoms with Gasteiger partial charge in [0.1, 0.15) is 5.75 Å². The number of hydrogen-bond donors (Lipinski definition) is 1. The van der Waals surface area contributed by atoms with Crippen molar-refractivity contribution in [3.63, 3.8) is 0 Å². The van der Waals surface area contributed by atoms with Crippen molar-refractivity contribution in [2.24, 2.45) is 0 Å². The summed E-state index contributed by atoms with van der Waals surface area (Å²) in [6.45, 7) is 2.57. The Labute approximate surface area is 154 Å². The van der Waals surface area contributed by atoms with E-state index in [1.807, 2.05) is 48.8 Å². The summed E-state index contributed by atoms with van der Waals surface area (Å²) in [4.78, 5) is 12.5. The fraction of sp³-hybridized carbons (Fsp3) is 0.227. The number of amides is 1. The molecule has 0 aliphatic carbocycles. The lowest BCUT2D eigenvalue weighted by atomic mass is 10.0. The number of methoxy groups -OCH3 is 1. The van der Waals surface area contributed by atoms with Gasteiger partial charge in [0.2, 0.25) is 5.91 Å². The molecule has 4 nitrogen and oxygen atoms in total. The van der Waals surface area contributed by atoms with Crippen molar-refractivity contribution in [1.29, 1.82) is 0 Å². The highest BCUT2D eigenvalue weighted by Crippen LogP contribution is 2.23. The smallest absolute Gasteiger partial charge is 0.222 e. The molecular formula is C22H24N2O2. The van der Waals surface area contributed by atoms with Crippen molar-refractivity contribution in [2.45, 2.75) is 25.9 Å². The van der Waals surface area contributed by atoms with Gasteiger partial charge in [0.25, 0.3) is 0 Å². The van der Waals surface area contributed by atoms with E-state index in [1.54, 1.807) is 7.11 Å². The molecule has 3 aromatic rings. The first-order chi connectivity index (χ1) is 12.7. The number of nitrogens with zero attached hydrogens (tertiary/aromatic N) is 1. The third-order valence-corrected chi connectivity index (χ3v) is 4.48. The molecule has 4 heteroatoms. The van der Waals surface area contributed by atoms with Crippen molar-refractivity contribution in [3.8, 4) is 5.75 Å². The minimum absolute atomic E-state index is 0.0125. The molecule has 134 valence electrons. The van der Waals surface area contributed by atoms with Crippen LogP contribution in [-0.2, 0) is 11.3 Å². The number of nitrogens with one attached hydrogen (secondary N) is 1. The number of ether oxygens (including phenoxy) is 1. The quantitative estimate of drug-likeness (QED) is 0.698. The summed E-state index contributed by atoms with van der Waals surface area (Å²) in [6, 6.07) is 20.0. The lowest BCUT2D eigenvalue weighted by molar-refractivity contribution is -0.121. The van der Waals surface area contributed by atoms with Gasteiger partial charge in [-0.25, -0.2) is 0 Å². The van der Waals surface area contributed by atoms with E-state index in [1.165, 1.54) is 5.56 Å². The number of benzene rings is 2. The second-order valence-electron chi connectivity index (χ2n) is 6.39. The summed E-state index contributed by atoms with van der Waals surface area (Å²) in [6.07, 6.45) is 4.40. The van der Waals surface area contributed by atoms with E-state index in [9.17, 15) is 4.79 Å². The molecule has 0 bridgehead atoms. The van der Waals surface area contributed by atoms with Gasteiger partial charge in [-0.3, -0.25) is 4.79 Å². The first-order valence-corrected chi connectivity index (χ1v) is 8.74.